The van der Waals surface area contributed by atoms with Gasteiger partial charge in [-0.1, -0.05) is 6.92 Å². The molecule has 1 N–H and O–H groups in total. The number of aliphatic hydroxyl groups is 1. The lowest BCUT2D eigenvalue weighted by molar-refractivity contribution is -0.00405. The van der Waals surface area contributed by atoms with Crippen molar-refractivity contribution in [2.24, 2.45) is 0 Å². The number of ether oxygens (including phenoxy) is 1. The van der Waals surface area contributed by atoms with Gasteiger partial charge < -0.3 is 9.84 Å². The Labute approximate surface area is 88.7 Å². The van der Waals surface area contributed by atoms with Crippen molar-refractivity contribution in [1.29, 1.82) is 0 Å². The number of benzene rings is 1. The van der Waals surface area contributed by atoms with Crippen LogP contribution in [-0.2, 0) is 0 Å². The highest BCUT2D eigenvalue weighted by Gasteiger charge is 2.35. The quantitative estimate of drug-likeness (QED) is 0.772. The molecule has 0 saturated carbocycles. The van der Waals surface area contributed by atoms with Crippen LogP contribution in [0.4, 0.5) is 4.39 Å². The van der Waals surface area contributed by atoms with Crippen molar-refractivity contribution < 1.29 is 14.2 Å². The Balaban J connectivity index is 2.41. The van der Waals surface area contributed by atoms with Gasteiger partial charge in [-0.25, -0.2) is 4.39 Å². The minimum atomic E-state index is -0.556. The molecule has 2 atom stereocenters. The first-order valence-corrected chi connectivity index (χ1v) is 5.20. The Hall–Kier alpha value is -1.09. The molecule has 0 saturated heterocycles. The minimum absolute atomic E-state index is 0.332. The summed E-state index contributed by atoms with van der Waals surface area (Å²) in [5, 5.41) is 9.92. The third-order valence-corrected chi connectivity index (χ3v) is 3.06. The predicted octanol–water partition coefficient (Wildman–Crippen LogP) is 2.81. The molecule has 15 heavy (non-hydrogen) atoms. The lowest BCUT2D eigenvalue weighted by Gasteiger charge is -2.37. The average Bonchev–Trinajstić information content (AvgIpc) is 2.16. The van der Waals surface area contributed by atoms with E-state index in [1.807, 2.05) is 13.8 Å². The molecule has 0 fully saturated rings. The first-order chi connectivity index (χ1) is 7.04. The van der Waals surface area contributed by atoms with Crippen molar-refractivity contribution in [2.75, 3.05) is 0 Å². The van der Waals surface area contributed by atoms with E-state index in [0.29, 0.717) is 17.7 Å². The first-order valence-electron chi connectivity index (χ1n) is 5.20. The predicted molar refractivity (Wildman–Crippen MR) is 55.3 cm³/mol. The maximum Gasteiger partial charge on any atom is 0.128 e. The van der Waals surface area contributed by atoms with E-state index in [1.54, 1.807) is 6.07 Å². The molecular weight excluding hydrogens is 195 g/mol. The Morgan fingerprint density at radius 2 is 2.33 bits per heavy atom. The van der Waals surface area contributed by atoms with Gasteiger partial charge in [0.2, 0.25) is 0 Å². The molecule has 1 aromatic rings. The second-order valence-corrected chi connectivity index (χ2v) is 4.31. The fourth-order valence-electron chi connectivity index (χ4n) is 1.91. The van der Waals surface area contributed by atoms with E-state index in [0.717, 1.165) is 6.42 Å². The van der Waals surface area contributed by atoms with Crippen molar-refractivity contribution >= 4 is 0 Å². The van der Waals surface area contributed by atoms with Gasteiger partial charge in [0.1, 0.15) is 17.2 Å². The maximum atomic E-state index is 13.0. The number of hydrogen-bond acceptors (Lipinski definition) is 2. The molecule has 0 radical (unpaired) electrons. The molecule has 1 aliphatic heterocycles. The van der Waals surface area contributed by atoms with Crippen molar-refractivity contribution in [3.05, 3.63) is 29.6 Å². The largest absolute Gasteiger partial charge is 0.487 e. The molecule has 0 aliphatic carbocycles. The van der Waals surface area contributed by atoms with E-state index < -0.39 is 6.10 Å². The molecule has 2 rings (SSSR count). The fourth-order valence-corrected chi connectivity index (χ4v) is 1.91. The van der Waals surface area contributed by atoms with Crippen LogP contribution >= 0.6 is 0 Å². The number of rotatable bonds is 1. The lowest BCUT2D eigenvalue weighted by Crippen LogP contribution is -2.37. The molecule has 3 heteroatoms. The third kappa shape index (κ3) is 1.84. The van der Waals surface area contributed by atoms with Crippen molar-refractivity contribution in [1.82, 2.24) is 0 Å². The molecule has 1 aromatic carbocycles. The second kappa shape index (κ2) is 3.49. The van der Waals surface area contributed by atoms with E-state index in [9.17, 15) is 9.50 Å². The maximum absolute atomic E-state index is 13.0. The van der Waals surface area contributed by atoms with Gasteiger partial charge in [0, 0.05) is 18.1 Å². The standard InChI is InChI=1S/C12H15FO2/c1-3-12(2)7-10(14)9-5-4-8(13)6-11(9)15-12/h4-6,10,14H,3,7H2,1-2H3/t10-,12?/m1/s1. The van der Waals surface area contributed by atoms with E-state index in [-0.39, 0.29) is 11.4 Å². The van der Waals surface area contributed by atoms with Gasteiger partial charge >= 0.3 is 0 Å². The van der Waals surface area contributed by atoms with Gasteiger partial charge in [-0.15, -0.1) is 0 Å². The summed E-state index contributed by atoms with van der Waals surface area (Å²) in [6, 6.07) is 4.27. The Kier molecular flexibility index (Phi) is 2.43. The highest BCUT2D eigenvalue weighted by Crippen LogP contribution is 2.40. The molecule has 0 aromatic heterocycles. The van der Waals surface area contributed by atoms with E-state index in [2.05, 4.69) is 0 Å². The monoisotopic (exact) mass is 210 g/mol. The van der Waals surface area contributed by atoms with Gasteiger partial charge in [0.25, 0.3) is 0 Å². The zero-order valence-corrected chi connectivity index (χ0v) is 8.96. The highest BCUT2D eigenvalue weighted by atomic mass is 19.1. The van der Waals surface area contributed by atoms with Gasteiger partial charge in [-0.3, -0.25) is 0 Å². The Bertz CT molecular complexity index is 378. The molecule has 82 valence electrons. The number of fused-ring (bicyclic) bond motifs is 1. The highest BCUT2D eigenvalue weighted by molar-refractivity contribution is 5.38. The molecule has 0 bridgehead atoms. The molecule has 0 spiro atoms. The number of hydrogen-bond donors (Lipinski definition) is 1. The van der Waals surface area contributed by atoms with E-state index >= 15 is 0 Å². The Morgan fingerprint density at radius 1 is 1.60 bits per heavy atom. The van der Waals surface area contributed by atoms with Crippen LogP contribution in [0.25, 0.3) is 0 Å². The second-order valence-electron chi connectivity index (χ2n) is 4.31. The smallest absolute Gasteiger partial charge is 0.128 e. The molecule has 2 nitrogen and oxygen atoms in total. The van der Waals surface area contributed by atoms with Crippen molar-refractivity contribution in [3.8, 4) is 5.75 Å². The summed E-state index contributed by atoms with van der Waals surface area (Å²) < 4.78 is 18.7. The molecule has 1 aliphatic rings. The zero-order chi connectivity index (χ0) is 11.1. The Morgan fingerprint density at radius 3 is 3.00 bits per heavy atom. The zero-order valence-electron chi connectivity index (χ0n) is 8.96. The summed E-state index contributed by atoms with van der Waals surface area (Å²) in [5.41, 5.74) is 0.294. The van der Waals surface area contributed by atoms with E-state index in [1.165, 1.54) is 12.1 Å². The lowest BCUT2D eigenvalue weighted by atomic mass is 9.88. The van der Waals surface area contributed by atoms with Crippen LogP contribution in [0.2, 0.25) is 0 Å². The van der Waals surface area contributed by atoms with E-state index in [4.69, 9.17) is 4.74 Å². The number of aliphatic hydroxyl groups excluding tert-OH is 1. The summed E-state index contributed by atoms with van der Waals surface area (Å²) in [6.45, 7) is 3.93. The van der Waals surface area contributed by atoms with Crippen LogP contribution in [0.3, 0.4) is 0 Å². The normalized spacial score (nSPS) is 29.5. The van der Waals surface area contributed by atoms with Crippen molar-refractivity contribution in [2.45, 2.75) is 38.4 Å². The van der Waals surface area contributed by atoms with Gasteiger partial charge in [0.15, 0.2) is 0 Å². The van der Waals surface area contributed by atoms with Crippen molar-refractivity contribution in [3.63, 3.8) is 0 Å². The molecule has 1 unspecified atom stereocenters. The summed E-state index contributed by atoms with van der Waals surface area (Å²) in [5.74, 6) is 0.138. The summed E-state index contributed by atoms with van der Waals surface area (Å²) in [4.78, 5) is 0. The summed E-state index contributed by atoms with van der Waals surface area (Å²) >= 11 is 0. The number of halogens is 1. The van der Waals surface area contributed by atoms with Crippen LogP contribution in [0.15, 0.2) is 18.2 Å². The van der Waals surface area contributed by atoms with Gasteiger partial charge in [-0.05, 0) is 25.5 Å². The average molecular weight is 210 g/mol. The molecule has 1 heterocycles. The topological polar surface area (TPSA) is 29.5 Å². The van der Waals surface area contributed by atoms with Crippen LogP contribution in [-0.4, -0.2) is 10.7 Å². The van der Waals surface area contributed by atoms with Gasteiger partial charge in [0.05, 0.1) is 6.10 Å². The third-order valence-electron chi connectivity index (χ3n) is 3.06. The van der Waals surface area contributed by atoms with Crippen LogP contribution in [0.5, 0.6) is 5.75 Å². The SMILES string of the molecule is CCC1(C)C[C@@H](O)c2ccc(F)cc2O1. The fraction of sp³-hybridized carbons (Fsp3) is 0.500. The minimum Gasteiger partial charge on any atom is -0.487 e. The van der Waals surface area contributed by atoms with Crippen LogP contribution in [0.1, 0.15) is 38.4 Å². The molecular formula is C12H15FO2. The van der Waals surface area contributed by atoms with Gasteiger partial charge in [-0.2, -0.15) is 0 Å². The van der Waals surface area contributed by atoms with Crippen LogP contribution in [0, 0.1) is 5.82 Å². The van der Waals surface area contributed by atoms with Crippen LogP contribution < -0.4 is 4.74 Å². The first kappa shape index (κ1) is 10.4. The summed E-state index contributed by atoms with van der Waals surface area (Å²) in [7, 11) is 0. The molecule has 0 amide bonds. The summed E-state index contributed by atoms with van der Waals surface area (Å²) in [6.07, 6.45) is 0.793.